The van der Waals surface area contributed by atoms with Crippen molar-refractivity contribution in [2.24, 2.45) is 15.4 Å². The Bertz CT molecular complexity index is 1110. The van der Waals surface area contributed by atoms with E-state index in [4.69, 9.17) is 10.1 Å². The van der Waals surface area contributed by atoms with Crippen LogP contribution in [-0.4, -0.2) is 25.3 Å². The highest BCUT2D eigenvalue weighted by Gasteiger charge is 2.29. The van der Waals surface area contributed by atoms with Gasteiger partial charge in [0.25, 0.3) is 0 Å². The smallest absolute Gasteiger partial charge is 0.354 e. The largest absolute Gasteiger partial charge is 0.383 e. The Hall–Kier alpha value is -1.88. The molecular weight excluding hydrogens is 410 g/mol. The molecule has 2 aliphatic carbocycles. The summed E-state index contributed by atoms with van der Waals surface area (Å²) in [5.41, 5.74) is 3.80. The number of carbonyl (C=O) groups is 1. The molecule has 2 heterocycles. The van der Waals surface area contributed by atoms with Crippen LogP contribution in [-0.2, 0) is 41.2 Å². The maximum atomic E-state index is 12.9. The number of aliphatic hydroxyl groups is 1. The number of aryl methyl sites for hydroxylation is 1. The monoisotopic (exact) mass is 435 g/mol. The van der Waals surface area contributed by atoms with Crippen molar-refractivity contribution in [1.82, 2.24) is 9.97 Å². The van der Waals surface area contributed by atoms with E-state index in [2.05, 4.69) is 21.6 Å². The number of nitrogens with zero attached hydrogens (tertiary/aromatic N) is 3. The highest BCUT2D eigenvalue weighted by molar-refractivity contribution is 7.93. The molecular formula is C19H25N5O3S2. The van der Waals surface area contributed by atoms with Gasteiger partial charge < -0.3 is 10.4 Å². The third-order valence-electron chi connectivity index (χ3n) is 5.25. The molecule has 0 aromatic carbocycles. The highest BCUT2D eigenvalue weighted by Crippen LogP contribution is 2.38. The molecule has 29 heavy (non-hydrogen) atoms. The topological polar surface area (TPSA) is 131 Å². The molecule has 2 atom stereocenters. The van der Waals surface area contributed by atoms with Crippen LogP contribution in [0.4, 0.5) is 10.5 Å². The molecule has 8 nitrogen and oxygen atoms in total. The van der Waals surface area contributed by atoms with Crippen LogP contribution in [0.15, 0.2) is 14.8 Å². The summed E-state index contributed by atoms with van der Waals surface area (Å²) in [6, 6.07) is -0.738. The van der Waals surface area contributed by atoms with Crippen LogP contribution in [0.25, 0.3) is 0 Å². The second-order valence-corrected chi connectivity index (χ2v) is 11.4. The number of carbonyl (C=O) groups excluding carboxylic acids is 1. The average Bonchev–Trinajstić information content (AvgIpc) is 3.31. The average molecular weight is 436 g/mol. The van der Waals surface area contributed by atoms with E-state index in [1.165, 1.54) is 6.20 Å². The van der Waals surface area contributed by atoms with Crippen molar-refractivity contribution >= 4 is 33.0 Å². The quantitative estimate of drug-likeness (QED) is 0.682. The number of thiazole rings is 1. The molecule has 0 saturated heterocycles. The standard InChI is InChI=1S/C19H25N5O3S2/c1-10-7-12-14(8-10)22-13-6-4-5-11(13)16(12)23-18(25)24-29(20,27)15-9-21-17(28-15)19(2,3)26/h9-10,26H,4-8H2,1-3H3,(H3,20,22,23,24,25,27). The van der Waals surface area contributed by atoms with E-state index in [0.29, 0.717) is 10.9 Å². The van der Waals surface area contributed by atoms with Crippen LogP contribution in [0.1, 0.15) is 54.7 Å². The second-order valence-electron chi connectivity index (χ2n) is 8.34. The minimum Gasteiger partial charge on any atom is -0.383 e. The summed E-state index contributed by atoms with van der Waals surface area (Å²) in [7, 11) is -3.47. The van der Waals surface area contributed by atoms with Crippen molar-refractivity contribution < 1.29 is 14.1 Å². The van der Waals surface area contributed by atoms with E-state index in [0.717, 1.165) is 71.6 Å². The van der Waals surface area contributed by atoms with Crippen LogP contribution in [0, 0.1) is 5.92 Å². The SMILES string of the molecule is CC1Cc2nc3c(c(NC(=O)N=S(N)(=O)c4cnc(C(C)(C)O)s4)c2C1)CCC3. The molecule has 2 aromatic heterocycles. The van der Waals surface area contributed by atoms with Crippen LogP contribution >= 0.6 is 11.3 Å². The van der Waals surface area contributed by atoms with Crippen molar-refractivity contribution in [3.8, 4) is 0 Å². The van der Waals surface area contributed by atoms with Crippen molar-refractivity contribution in [2.75, 3.05) is 5.32 Å². The van der Waals surface area contributed by atoms with Gasteiger partial charge in [-0.1, -0.05) is 6.92 Å². The Balaban J connectivity index is 1.65. The zero-order chi connectivity index (χ0) is 21.0. The molecule has 2 amide bonds. The molecule has 0 spiro atoms. The van der Waals surface area contributed by atoms with E-state index in [-0.39, 0.29) is 4.21 Å². The normalized spacial score (nSPS) is 20.1. The van der Waals surface area contributed by atoms with Crippen LogP contribution in [0.5, 0.6) is 0 Å². The minimum absolute atomic E-state index is 0.156. The molecule has 4 rings (SSSR count). The third kappa shape index (κ3) is 3.94. The molecule has 2 aliphatic rings. The molecule has 0 bridgehead atoms. The maximum absolute atomic E-state index is 12.9. The molecule has 10 heteroatoms. The number of rotatable bonds is 3. The Morgan fingerprint density at radius 2 is 2.10 bits per heavy atom. The second kappa shape index (κ2) is 7.12. The van der Waals surface area contributed by atoms with Gasteiger partial charge in [-0.2, -0.15) is 0 Å². The Labute approximate surface area is 174 Å². The minimum atomic E-state index is -3.47. The number of hydrogen-bond acceptors (Lipinski definition) is 6. The van der Waals surface area contributed by atoms with E-state index in [9.17, 15) is 14.1 Å². The number of hydrogen-bond donors (Lipinski definition) is 3. The maximum Gasteiger partial charge on any atom is 0.354 e. The lowest BCUT2D eigenvalue weighted by Crippen LogP contribution is -2.18. The lowest BCUT2D eigenvalue weighted by molar-refractivity contribution is 0.0783. The fourth-order valence-corrected chi connectivity index (χ4v) is 6.01. The molecule has 0 fully saturated rings. The molecule has 0 saturated carbocycles. The predicted molar refractivity (Wildman–Crippen MR) is 112 cm³/mol. The number of fused-ring (bicyclic) bond motifs is 2. The summed E-state index contributed by atoms with van der Waals surface area (Å²) in [6.45, 7) is 5.31. The first-order chi connectivity index (χ1) is 13.5. The lowest BCUT2D eigenvalue weighted by Gasteiger charge is -2.14. The van der Waals surface area contributed by atoms with E-state index in [1.807, 2.05) is 0 Å². The molecule has 156 valence electrons. The van der Waals surface area contributed by atoms with Gasteiger partial charge >= 0.3 is 6.03 Å². The van der Waals surface area contributed by atoms with E-state index < -0.39 is 21.5 Å². The van der Waals surface area contributed by atoms with Crippen molar-refractivity contribution in [2.45, 2.75) is 62.7 Å². The summed E-state index contributed by atoms with van der Waals surface area (Å²) in [6.07, 6.45) is 5.84. The zero-order valence-electron chi connectivity index (χ0n) is 16.7. The fourth-order valence-electron chi connectivity index (χ4n) is 3.94. The molecule has 2 aromatic rings. The summed E-state index contributed by atoms with van der Waals surface area (Å²) < 4.78 is 16.8. The van der Waals surface area contributed by atoms with Gasteiger partial charge in [0.1, 0.15) is 14.8 Å². The Kier molecular flexibility index (Phi) is 5.01. The first-order valence-electron chi connectivity index (χ1n) is 9.62. The first-order valence-corrected chi connectivity index (χ1v) is 12.0. The molecule has 0 radical (unpaired) electrons. The fraction of sp³-hybridized carbons (Fsp3) is 0.526. The third-order valence-corrected chi connectivity index (χ3v) is 8.44. The van der Waals surface area contributed by atoms with Crippen LogP contribution in [0.3, 0.4) is 0 Å². The number of anilines is 1. The van der Waals surface area contributed by atoms with Gasteiger partial charge in [0.2, 0.25) is 0 Å². The number of pyridine rings is 1. The van der Waals surface area contributed by atoms with E-state index in [1.54, 1.807) is 13.8 Å². The zero-order valence-corrected chi connectivity index (χ0v) is 18.3. The summed E-state index contributed by atoms with van der Waals surface area (Å²) in [5, 5.41) is 19.1. The van der Waals surface area contributed by atoms with Gasteiger partial charge in [0.05, 0.1) is 11.9 Å². The van der Waals surface area contributed by atoms with Gasteiger partial charge in [-0.15, -0.1) is 15.7 Å². The summed E-state index contributed by atoms with van der Waals surface area (Å²) in [5.74, 6) is 0.476. The highest BCUT2D eigenvalue weighted by atomic mass is 32.2. The van der Waals surface area contributed by atoms with Crippen molar-refractivity contribution in [1.29, 1.82) is 0 Å². The predicted octanol–water partition coefficient (Wildman–Crippen LogP) is 2.92. The van der Waals surface area contributed by atoms with Gasteiger partial charge in [-0.25, -0.2) is 19.1 Å². The summed E-state index contributed by atoms with van der Waals surface area (Å²) in [4.78, 5) is 21.5. The molecule has 2 unspecified atom stereocenters. The molecule has 4 N–H and O–H groups in total. The molecule has 0 aliphatic heterocycles. The van der Waals surface area contributed by atoms with Crippen LogP contribution in [0.2, 0.25) is 0 Å². The number of nitrogens with one attached hydrogen (secondary N) is 1. The number of urea groups is 1. The van der Waals surface area contributed by atoms with Crippen molar-refractivity contribution in [3.05, 3.63) is 33.7 Å². The number of aromatic nitrogens is 2. The van der Waals surface area contributed by atoms with Gasteiger partial charge in [-0.3, -0.25) is 4.98 Å². The van der Waals surface area contributed by atoms with Crippen LogP contribution < -0.4 is 10.5 Å². The van der Waals surface area contributed by atoms with Gasteiger partial charge in [-0.05, 0) is 63.0 Å². The lowest BCUT2D eigenvalue weighted by atomic mass is 10.0. The number of nitrogens with two attached hydrogens (primary N) is 1. The Morgan fingerprint density at radius 3 is 2.79 bits per heavy atom. The first kappa shape index (κ1) is 20.4. The van der Waals surface area contributed by atoms with Gasteiger partial charge in [0.15, 0.2) is 9.92 Å². The number of amides is 2. The van der Waals surface area contributed by atoms with Gasteiger partial charge in [0, 0.05) is 11.4 Å². The van der Waals surface area contributed by atoms with Crippen molar-refractivity contribution in [3.63, 3.8) is 0 Å². The Morgan fingerprint density at radius 1 is 1.34 bits per heavy atom. The van der Waals surface area contributed by atoms with E-state index >= 15 is 0 Å². The summed E-state index contributed by atoms with van der Waals surface area (Å²) >= 11 is 0.990.